The van der Waals surface area contributed by atoms with Gasteiger partial charge in [-0.1, -0.05) is 13.8 Å². The van der Waals surface area contributed by atoms with Crippen molar-refractivity contribution in [2.45, 2.75) is 39.8 Å². The molecular formula is C16H28N2O3. The molecule has 0 bridgehead atoms. The van der Waals surface area contributed by atoms with Crippen molar-refractivity contribution in [2.24, 2.45) is 0 Å². The predicted octanol–water partition coefficient (Wildman–Crippen LogP) is 2.32. The minimum Gasteiger partial charge on any atom is -0.489 e. The molecule has 0 spiro atoms. The molecule has 120 valence electrons. The molecule has 0 fully saturated rings. The zero-order chi connectivity index (χ0) is 15.5. The fourth-order valence-electron chi connectivity index (χ4n) is 1.77. The number of methoxy groups -OCH3 is 1. The van der Waals surface area contributed by atoms with Crippen LogP contribution in [0.5, 0.6) is 5.75 Å². The zero-order valence-corrected chi connectivity index (χ0v) is 13.6. The van der Waals surface area contributed by atoms with Crippen molar-refractivity contribution in [3.8, 4) is 5.75 Å². The molecule has 0 saturated heterocycles. The van der Waals surface area contributed by atoms with Gasteiger partial charge in [-0.3, -0.25) is 4.98 Å². The molecule has 0 unspecified atom stereocenters. The molecule has 0 saturated carbocycles. The van der Waals surface area contributed by atoms with Crippen LogP contribution in [0.1, 0.15) is 31.7 Å². The van der Waals surface area contributed by atoms with Crippen LogP contribution in [0.25, 0.3) is 0 Å². The topological polar surface area (TPSA) is 52.6 Å². The Kier molecular flexibility index (Phi) is 8.98. The van der Waals surface area contributed by atoms with Crippen molar-refractivity contribution in [3.05, 3.63) is 23.5 Å². The number of ether oxygens (including phenoxy) is 3. The van der Waals surface area contributed by atoms with E-state index in [-0.39, 0.29) is 0 Å². The van der Waals surface area contributed by atoms with Crippen LogP contribution in [-0.2, 0) is 16.0 Å². The highest BCUT2D eigenvalue weighted by molar-refractivity contribution is 5.29. The van der Waals surface area contributed by atoms with Crippen LogP contribution in [0.2, 0.25) is 0 Å². The maximum Gasteiger partial charge on any atom is 0.142 e. The average Bonchev–Trinajstić information content (AvgIpc) is 2.45. The Hall–Kier alpha value is -1.17. The lowest BCUT2D eigenvalue weighted by Crippen LogP contribution is -2.23. The molecule has 1 heterocycles. The summed E-state index contributed by atoms with van der Waals surface area (Å²) in [6.07, 6.45) is 0.909. The molecule has 0 aliphatic carbocycles. The summed E-state index contributed by atoms with van der Waals surface area (Å²) in [7, 11) is 1.69. The molecule has 1 aromatic rings. The van der Waals surface area contributed by atoms with Gasteiger partial charge >= 0.3 is 0 Å². The van der Waals surface area contributed by atoms with Crippen molar-refractivity contribution in [3.63, 3.8) is 0 Å². The van der Waals surface area contributed by atoms with E-state index in [1.165, 1.54) is 0 Å². The first kappa shape index (κ1) is 17.9. The highest BCUT2D eigenvalue weighted by Gasteiger charge is 2.06. The maximum absolute atomic E-state index is 5.77. The van der Waals surface area contributed by atoms with E-state index in [1.54, 1.807) is 7.11 Å². The lowest BCUT2D eigenvalue weighted by molar-refractivity contribution is 0.0802. The Labute approximate surface area is 128 Å². The van der Waals surface area contributed by atoms with Gasteiger partial charge in [0.05, 0.1) is 12.3 Å². The monoisotopic (exact) mass is 296 g/mol. The molecule has 5 heteroatoms. The van der Waals surface area contributed by atoms with E-state index in [0.717, 1.165) is 30.2 Å². The van der Waals surface area contributed by atoms with Gasteiger partial charge in [0, 0.05) is 38.6 Å². The summed E-state index contributed by atoms with van der Waals surface area (Å²) in [6, 6.07) is 4.36. The molecule has 0 radical (unpaired) electrons. The normalized spacial score (nSPS) is 11.1. The Bertz CT molecular complexity index is 397. The first-order chi connectivity index (χ1) is 10.1. The number of nitrogens with one attached hydrogen (secondary N) is 1. The van der Waals surface area contributed by atoms with E-state index in [2.05, 4.69) is 24.1 Å². The largest absolute Gasteiger partial charge is 0.489 e. The molecule has 0 aromatic carbocycles. The lowest BCUT2D eigenvalue weighted by atomic mass is 10.2. The van der Waals surface area contributed by atoms with Crippen molar-refractivity contribution in [1.82, 2.24) is 10.3 Å². The van der Waals surface area contributed by atoms with Crippen LogP contribution in [-0.4, -0.2) is 44.6 Å². The van der Waals surface area contributed by atoms with E-state index in [0.29, 0.717) is 32.4 Å². The summed E-state index contributed by atoms with van der Waals surface area (Å²) in [5.41, 5.74) is 1.95. The molecule has 5 nitrogen and oxygen atoms in total. The maximum atomic E-state index is 5.77. The second kappa shape index (κ2) is 10.5. The zero-order valence-electron chi connectivity index (χ0n) is 13.6. The predicted molar refractivity (Wildman–Crippen MR) is 83.8 cm³/mol. The summed E-state index contributed by atoms with van der Waals surface area (Å²) < 4.78 is 16.2. The molecule has 21 heavy (non-hydrogen) atoms. The Morgan fingerprint density at radius 1 is 1.14 bits per heavy atom. The van der Waals surface area contributed by atoms with Crippen LogP contribution in [0.4, 0.5) is 0 Å². The SMILES string of the molecule is COCCCOCCOc1ccc(C)nc1CNC(C)C. The van der Waals surface area contributed by atoms with Crippen molar-refractivity contribution in [1.29, 1.82) is 0 Å². The minimum absolute atomic E-state index is 0.421. The van der Waals surface area contributed by atoms with Gasteiger partial charge in [0.25, 0.3) is 0 Å². The first-order valence-electron chi connectivity index (χ1n) is 7.53. The molecule has 1 aromatic heterocycles. The Morgan fingerprint density at radius 3 is 2.67 bits per heavy atom. The molecule has 0 aliphatic rings. The number of aryl methyl sites for hydroxylation is 1. The number of nitrogens with zero attached hydrogens (tertiary/aromatic N) is 1. The second-order valence-electron chi connectivity index (χ2n) is 5.24. The molecule has 1 N–H and O–H groups in total. The Morgan fingerprint density at radius 2 is 1.95 bits per heavy atom. The van der Waals surface area contributed by atoms with Gasteiger partial charge in [0.2, 0.25) is 0 Å². The first-order valence-corrected chi connectivity index (χ1v) is 7.53. The van der Waals surface area contributed by atoms with Gasteiger partial charge in [0.1, 0.15) is 12.4 Å². The number of hydrogen-bond donors (Lipinski definition) is 1. The number of rotatable bonds is 11. The van der Waals surface area contributed by atoms with E-state index in [4.69, 9.17) is 14.2 Å². The smallest absolute Gasteiger partial charge is 0.142 e. The molecular weight excluding hydrogens is 268 g/mol. The van der Waals surface area contributed by atoms with Crippen LogP contribution >= 0.6 is 0 Å². The van der Waals surface area contributed by atoms with E-state index >= 15 is 0 Å². The van der Waals surface area contributed by atoms with Crippen LogP contribution < -0.4 is 10.1 Å². The third-order valence-corrected chi connectivity index (χ3v) is 2.87. The second-order valence-corrected chi connectivity index (χ2v) is 5.24. The van der Waals surface area contributed by atoms with E-state index < -0.39 is 0 Å². The van der Waals surface area contributed by atoms with Gasteiger partial charge < -0.3 is 19.5 Å². The molecule has 1 rings (SSSR count). The third-order valence-electron chi connectivity index (χ3n) is 2.87. The highest BCUT2D eigenvalue weighted by atomic mass is 16.5. The molecule has 0 amide bonds. The van der Waals surface area contributed by atoms with Crippen LogP contribution in [0.3, 0.4) is 0 Å². The van der Waals surface area contributed by atoms with Gasteiger partial charge in [-0.25, -0.2) is 0 Å². The van der Waals surface area contributed by atoms with Crippen LogP contribution in [0.15, 0.2) is 12.1 Å². The third kappa shape index (κ3) is 7.99. The lowest BCUT2D eigenvalue weighted by Gasteiger charge is -2.13. The fraction of sp³-hybridized carbons (Fsp3) is 0.688. The van der Waals surface area contributed by atoms with Gasteiger partial charge in [-0.15, -0.1) is 0 Å². The summed E-state index contributed by atoms with van der Waals surface area (Å²) in [4.78, 5) is 4.54. The summed E-state index contributed by atoms with van der Waals surface area (Å²) in [5, 5.41) is 3.37. The Balaban J connectivity index is 2.35. The van der Waals surface area contributed by atoms with E-state index in [1.807, 2.05) is 19.1 Å². The average molecular weight is 296 g/mol. The minimum atomic E-state index is 0.421. The number of aromatic nitrogens is 1. The molecule has 0 atom stereocenters. The van der Waals surface area contributed by atoms with Crippen molar-refractivity contribution in [2.75, 3.05) is 33.5 Å². The standard InChI is InChI=1S/C16H28N2O3/c1-13(2)17-12-15-16(7-6-14(3)18-15)21-11-10-20-9-5-8-19-4/h6-7,13,17H,5,8-12H2,1-4H3. The summed E-state index contributed by atoms with van der Waals surface area (Å²) in [6.45, 7) is 9.47. The summed E-state index contributed by atoms with van der Waals surface area (Å²) >= 11 is 0. The molecule has 0 aliphatic heterocycles. The van der Waals surface area contributed by atoms with E-state index in [9.17, 15) is 0 Å². The number of pyridine rings is 1. The van der Waals surface area contributed by atoms with Gasteiger partial charge in [-0.2, -0.15) is 0 Å². The van der Waals surface area contributed by atoms with Crippen LogP contribution in [0, 0.1) is 6.92 Å². The van der Waals surface area contributed by atoms with Crippen molar-refractivity contribution < 1.29 is 14.2 Å². The highest BCUT2D eigenvalue weighted by Crippen LogP contribution is 2.17. The number of hydrogen-bond acceptors (Lipinski definition) is 5. The fourth-order valence-corrected chi connectivity index (χ4v) is 1.77. The van der Waals surface area contributed by atoms with Gasteiger partial charge in [0.15, 0.2) is 0 Å². The van der Waals surface area contributed by atoms with Gasteiger partial charge in [-0.05, 0) is 25.5 Å². The van der Waals surface area contributed by atoms with Crippen molar-refractivity contribution >= 4 is 0 Å². The summed E-state index contributed by atoms with van der Waals surface area (Å²) in [5.74, 6) is 0.828. The quantitative estimate of drug-likeness (QED) is 0.635.